The zero-order chi connectivity index (χ0) is 19.4. The van der Waals surface area contributed by atoms with Crippen LogP contribution in [0.3, 0.4) is 0 Å². The van der Waals surface area contributed by atoms with Crippen LogP contribution in [0.4, 0.5) is 39.5 Å². The SMILES string of the molecule is CC(O)(C1CC(O)CC(C(O)(C(F)(F)F)C(F)(F)F)C1)C(F)(F)F. The van der Waals surface area contributed by atoms with Crippen LogP contribution in [0.1, 0.15) is 26.2 Å². The van der Waals surface area contributed by atoms with Gasteiger partial charge in [-0.1, -0.05) is 0 Å². The lowest BCUT2D eigenvalue weighted by Crippen LogP contribution is -2.64. The van der Waals surface area contributed by atoms with Crippen LogP contribution in [-0.4, -0.2) is 51.2 Å². The molecule has 0 radical (unpaired) electrons. The standard InChI is InChI=1S/C12H15F9O3/c1-8(23,10(13,14)15)5-2-6(4-7(22)3-5)9(24,11(16,17)18)12(19,20)21/h5-7,22-24H,2-4H2,1H3. The highest BCUT2D eigenvalue weighted by Crippen LogP contribution is 2.54. The van der Waals surface area contributed by atoms with Crippen molar-refractivity contribution in [2.24, 2.45) is 11.8 Å². The molecule has 3 nitrogen and oxygen atoms in total. The third-order valence-electron chi connectivity index (χ3n) is 4.51. The van der Waals surface area contributed by atoms with Crippen molar-refractivity contribution in [3.63, 3.8) is 0 Å². The molecule has 24 heavy (non-hydrogen) atoms. The van der Waals surface area contributed by atoms with Crippen LogP contribution in [-0.2, 0) is 0 Å². The number of rotatable bonds is 2. The summed E-state index contributed by atoms with van der Waals surface area (Å²) in [6.45, 7) is 0.201. The molecule has 0 aromatic rings. The van der Waals surface area contributed by atoms with Gasteiger partial charge in [-0.25, -0.2) is 0 Å². The van der Waals surface area contributed by atoms with Crippen molar-refractivity contribution in [2.45, 2.75) is 62.0 Å². The maximum Gasteiger partial charge on any atom is 0.426 e. The minimum atomic E-state index is -6.22. The largest absolute Gasteiger partial charge is 0.426 e. The first-order chi connectivity index (χ1) is 10.4. The van der Waals surface area contributed by atoms with Gasteiger partial charge in [0.15, 0.2) is 5.60 Å². The van der Waals surface area contributed by atoms with Crippen LogP contribution >= 0.6 is 0 Å². The molecule has 1 saturated carbocycles. The van der Waals surface area contributed by atoms with Gasteiger partial charge in [-0.2, -0.15) is 39.5 Å². The first-order valence-electron chi connectivity index (χ1n) is 6.68. The van der Waals surface area contributed by atoms with Gasteiger partial charge >= 0.3 is 18.5 Å². The quantitative estimate of drug-likeness (QED) is 0.648. The Kier molecular flexibility index (Phi) is 5.24. The molecule has 0 amide bonds. The van der Waals surface area contributed by atoms with Crippen LogP contribution in [0, 0.1) is 11.8 Å². The Morgan fingerprint density at radius 2 is 1.04 bits per heavy atom. The number of halogens is 9. The minimum absolute atomic E-state index is 0.201. The van der Waals surface area contributed by atoms with Gasteiger partial charge in [0.25, 0.3) is 5.60 Å². The summed E-state index contributed by atoms with van der Waals surface area (Å²) in [6, 6.07) is 0. The summed E-state index contributed by atoms with van der Waals surface area (Å²) in [6.07, 6.45) is -23.2. The number of hydrogen-bond donors (Lipinski definition) is 3. The Labute approximate surface area is 130 Å². The average Bonchev–Trinajstić information content (AvgIpc) is 2.32. The predicted octanol–water partition coefficient (Wildman–Crippen LogP) is 2.93. The van der Waals surface area contributed by atoms with Crippen LogP contribution in [0.2, 0.25) is 0 Å². The first-order valence-corrected chi connectivity index (χ1v) is 6.68. The summed E-state index contributed by atoms with van der Waals surface area (Å²) in [4.78, 5) is 0. The molecule has 0 bridgehead atoms. The van der Waals surface area contributed by atoms with Gasteiger partial charge in [0.05, 0.1) is 6.10 Å². The predicted molar refractivity (Wildman–Crippen MR) is 60.6 cm³/mol. The van der Waals surface area contributed by atoms with E-state index in [9.17, 15) is 54.8 Å². The summed E-state index contributed by atoms with van der Waals surface area (Å²) in [5.41, 5.74) is -8.91. The minimum Gasteiger partial charge on any atom is -0.393 e. The van der Waals surface area contributed by atoms with E-state index in [0.29, 0.717) is 0 Å². The summed E-state index contributed by atoms with van der Waals surface area (Å²) in [5, 5.41) is 28.2. The third kappa shape index (κ3) is 3.45. The van der Waals surface area contributed by atoms with Crippen molar-refractivity contribution >= 4 is 0 Å². The fourth-order valence-corrected chi connectivity index (χ4v) is 2.94. The van der Waals surface area contributed by atoms with Crippen LogP contribution in [0.25, 0.3) is 0 Å². The van der Waals surface area contributed by atoms with E-state index < -0.39 is 66.9 Å². The van der Waals surface area contributed by atoms with Crippen molar-refractivity contribution in [3.8, 4) is 0 Å². The Bertz CT molecular complexity index is 438. The van der Waals surface area contributed by atoms with E-state index in [1.54, 1.807) is 0 Å². The van der Waals surface area contributed by atoms with Gasteiger partial charge in [0.2, 0.25) is 0 Å². The second-order valence-electron chi connectivity index (χ2n) is 6.16. The summed E-state index contributed by atoms with van der Waals surface area (Å²) >= 11 is 0. The molecule has 0 aromatic heterocycles. The van der Waals surface area contributed by atoms with E-state index in [1.807, 2.05) is 0 Å². The molecule has 1 aliphatic rings. The van der Waals surface area contributed by atoms with Gasteiger partial charge < -0.3 is 15.3 Å². The molecule has 0 saturated heterocycles. The van der Waals surface area contributed by atoms with Crippen molar-refractivity contribution in [1.29, 1.82) is 0 Å². The van der Waals surface area contributed by atoms with Crippen molar-refractivity contribution in [1.82, 2.24) is 0 Å². The lowest BCUT2D eigenvalue weighted by molar-refractivity contribution is -0.391. The molecule has 1 fully saturated rings. The highest BCUT2D eigenvalue weighted by molar-refractivity contribution is 5.05. The van der Waals surface area contributed by atoms with Gasteiger partial charge in [0.1, 0.15) is 0 Å². The molecule has 144 valence electrons. The van der Waals surface area contributed by atoms with E-state index in [2.05, 4.69) is 0 Å². The zero-order valence-corrected chi connectivity index (χ0v) is 12.1. The molecular weight excluding hydrogens is 363 g/mol. The van der Waals surface area contributed by atoms with E-state index in [1.165, 1.54) is 0 Å². The van der Waals surface area contributed by atoms with Crippen LogP contribution < -0.4 is 0 Å². The molecule has 12 heteroatoms. The Morgan fingerprint density at radius 3 is 1.38 bits per heavy atom. The second kappa shape index (κ2) is 5.90. The Morgan fingerprint density at radius 1 is 0.667 bits per heavy atom. The fourth-order valence-electron chi connectivity index (χ4n) is 2.94. The zero-order valence-electron chi connectivity index (χ0n) is 12.1. The maximum atomic E-state index is 12.8. The third-order valence-corrected chi connectivity index (χ3v) is 4.51. The Balaban J connectivity index is 3.30. The normalized spacial score (nSPS) is 30.1. The molecule has 0 aliphatic heterocycles. The number of aliphatic hydroxyl groups excluding tert-OH is 1. The molecule has 3 N–H and O–H groups in total. The van der Waals surface area contributed by atoms with Crippen LogP contribution in [0.15, 0.2) is 0 Å². The van der Waals surface area contributed by atoms with E-state index >= 15 is 0 Å². The first kappa shape index (κ1) is 21.3. The van der Waals surface area contributed by atoms with Crippen molar-refractivity contribution < 1.29 is 54.8 Å². The number of hydrogen-bond acceptors (Lipinski definition) is 3. The fraction of sp³-hybridized carbons (Fsp3) is 1.00. The molecule has 4 atom stereocenters. The summed E-state index contributed by atoms with van der Waals surface area (Å²) in [5.74, 6) is -4.94. The lowest BCUT2D eigenvalue weighted by Gasteiger charge is -2.46. The highest BCUT2D eigenvalue weighted by atomic mass is 19.4. The van der Waals surface area contributed by atoms with E-state index in [4.69, 9.17) is 0 Å². The second-order valence-corrected chi connectivity index (χ2v) is 6.16. The van der Waals surface area contributed by atoms with Crippen molar-refractivity contribution in [2.75, 3.05) is 0 Å². The van der Waals surface area contributed by atoms with Gasteiger partial charge in [0, 0.05) is 5.92 Å². The summed E-state index contributed by atoms with van der Waals surface area (Å²) < 4.78 is 115. The molecule has 0 spiro atoms. The summed E-state index contributed by atoms with van der Waals surface area (Å²) in [7, 11) is 0. The smallest absolute Gasteiger partial charge is 0.393 e. The molecule has 1 rings (SSSR count). The number of aliphatic hydroxyl groups is 3. The average molecular weight is 378 g/mol. The van der Waals surface area contributed by atoms with Gasteiger partial charge in [-0.15, -0.1) is 0 Å². The van der Waals surface area contributed by atoms with Gasteiger partial charge in [-0.3, -0.25) is 0 Å². The number of alkyl halides is 9. The maximum absolute atomic E-state index is 12.8. The monoisotopic (exact) mass is 378 g/mol. The Hall–Kier alpha value is -0.750. The lowest BCUT2D eigenvalue weighted by atomic mass is 9.66. The highest BCUT2D eigenvalue weighted by Gasteiger charge is 2.74. The molecule has 0 heterocycles. The molecule has 1 aliphatic carbocycles. The topological polar surface area (TPSA) is 60.7 Å². The van der Waals surface area contributed by atoms with Gasteiger partial charge in [-0.05, 0) is 32.1 Å². The molecular formula is C12H15F9O3. The van der Waals surface area contributed by atoms with E-state index in [-0.39, 0.29) is 6.92 Å². The van der Waals surface area contributed by atoms with E-state index in [0.717, 1.165) is 0 Å². The molecule has 0 aromatic carbocycles. The molecule has 4 unspecified atom stereocenters. The van der Waals surface area contributed by atoms with Crippen LogP contribution in [0.5, 0.6) is 0 Å². The van der Waals surface area contributed by atoms with Crippen molar-refractivity contribution in [3.05, 3.63) is 0 Å².